The molecular weight excluding hydrogens is 514 g/mol. The number of amides is 2. The molecule has 200 valence electrons. The van der Waals surface area contributed by atoms with Crippen LogP contribution in [0.3, 0.4) is 0 Å². The van der Waals surface area contributed by atoms with Gasteiger partial charge in [0.1, 0.15) is 5.75 Å². The van der Waals surface area contributed by atoms with E-state index in [4.69, 9.17) is 4.74 Å². The predicted octanol–water partition coefficient (Wildman–Crippen LogP) is 5.26. The van der Waals surface area contributed by atoms with Gasteiger partial charge in [-0.1, -0.05) is 42.5 Å². The van der Waals surface area contributed by atoms with Crippen LogP contribution in [-0.2, 0) is 10.0 Å². The fourth-order valence-electron chi connectivity index (χ4n) is 3.95. The van der Waals surface area contributed by atoms with Gasteiger partial charge >= 0.3 is 0 Å². The number of para-hydroxylation sites is 1. The van der Waals surface area contributed by atoms with E-state index in [-0.39, 0.29) is 16.8 Å². The molecule has 39 heavy (non-hydrogen) atoms. The Bertz CT molecular complexity index is 1550. The number of nitrogens with zero attached hydrogens (tertiary/aromatic N) is 1. The molecule has 0 fully saturated rings. The van der Waals surface area contributed by atoms with E-state index in [9.17, 15) is 18.0 Å². The van der Waals surface area contributed by atoms with Crippen molar-refractivity contribution in [3.63, 3.8) is 0 Å². The van der Waals surface area contributed by atoms with Gasteiger partial charge < -0.3 is 15.4 Å². The Morgan fingerprint density at radius 3 is 2.05 bits per heavy atom. The van der Waals surface area contributed by atoms with Gasteiger partial charge in [0, 0.05) is 12.6 Å². The van der Waals surface area contributed by atoms with E-state index in [0.29, 0.717) is 28.3 Å². The molecule has 0 aliphatic carbocycles. The van der Waals surface area contributed by atoms with Gasteiger partial charge in [0.25, 0.3) is 21.8 Å². The molecule has 4 aromatic rings. The molecule has 0 aromatic heterocycles. The number of nitrogens with one attached hydrogen (secondary N) is 2. The molecule has 0 radical (unpaired) electrons. The van der Waals surface area contributed by atoms with Crippen LogP contribution in [0.4, 0.5) is 11.4 Å². The van der Waals surface area contributed by atoms with Gasteiger partial charge in [-0.05, 0) is 73.2 Å². The Morgan fingerprint density at radius 1 is 0.795 bits per heavy atom. The third kappa shape index (κ3) is 6.27. The molecule has 0 saturated heterocycles. The Hall–Kier alpha value is -4.63. The second-order valence-corrected chi connectivity index (χ2v) is 10.8. The number of sulfonamides is 1. The van der Waals surface area contributed by atoms with Crippen LogP contribution in [0.5, 0.6) is 5.75 Å². The zero-order chi connectivity index (χ0) is 28.0. The van der Waals surface area contributed by atoms with Crippen molar-refractivity contribution in [1.29, 1.82) is 0 Å². The molecule has 9 heteroatoms. The molecule has 1 atom stereocenters. The van der Waals surface area contributed by atoms with Crippen molar-refractivity contribution in [1.82, 2.24) is 5.32 Å². The van der Waals surface area contributed by atoms with Crippen LogP contribution < -0.4 is 19.7 Å². The highest BCUT2D eigenvalue weighted by Crippen LogP contribution is 2.25. The Morgan fingerprint density at radius 2 is 1.41 bits per heavy atom. The first-order chi connectivity index (χ1) is 18.7. The molecule has 0 heterocycles. The summed E-state index contributed by atoms with van der Waals surface area (Å²) in [5, 5.41) is 5.75. The number of benzene rings is 4. The molecule has 0 aliphatic heterocycles. The summed E-state index contributed by atoms with van der Waals surface area (Å²) in [5.41, 5.74) is 2.35. The molecule has 4 aromatic carbocycles. The number of hydrogen-bond donors (Lipinski definition) is 2. The van der Waals surface area contributed by atoms with Gasteiger partial charge in [-0.3, -0.25) is 13.9 Å². The standard InChI is InChI=1S/C30H29N3O5S/c1-21(22-9-5-4-6-10-22)31-30(35)27-11-7-8-12-28(27)32-29(34)23-13-15-24(16-14-23)33(2)39(36,37)26-19-17-25(38-3)18-20-26/h4-21H,1-3H3,(H,31,35)(H,32,34)/t21-/m0/s1. The third-order valence-electron chi connectivity index (χ3n) is 6.28. The van der Waals surface area contributed by atoms with E-state index in [1.54, 1.807) is 48.5 Å². The molecule has 0 unspecified atom stereocenters. The Kier molecular flexibility index (Phi) is 8.31. The van der Waals surface area contributed by atoms with Crippen molar-refractivity contribution in [3.05, 3.63) is 120 Å². The Balaban J connectivity index is 1.46. The molecule has 0 spiro atoms. The first kappa shape index (κ1) is 27.4. The number of ether oxygens (including phenoxy) is 1. The Labute approximate surface area is 228 Å². The third-order valence-corrected chi connectivity index (χ3v) is 8.08. The average molecular weight is 544 g/mol. The predicted molar refractivity (Wildman–Crippen MR) is 152 cm³/mol. The second kappa shape index (κ2) is 11.8. The summed E-state index contributed by atoms with van der Waals surface area (Å²) in [5.74, 6) is -0.196. The number of carbonyl (C=O) groups excluding carboxylic acids is 2. The van der Waals surface area contributed by atoms with Gasteiger partial charge in [-0.2, -0.15) is 0 Å². The summed E-state index contributed by atoms with van der Waals surface area (Å²) >= 11 is 0. The summed E-state index contributed by atoms with van der Waals surface area (Å²) in [7, 11) is -0.860. The maximum atomic E-state index is 13.0. The maximum absolute atomic E-state index is 13.0. The molecular formula is C30H29N3O5S. The minimum Gasteiger partial charge on any atom is -0.497 e. The normalized spacial score (nSPS) is 11.8. The van der Waals surface area contributed by atoms with Crippen molar-refractivity contribution in [3.8, 4) is 5.75 Å². The van der Waals surface area contributed by atoms with Crippen LogP contribution in [0.15, 0.2) is 108 Å². The van der Waals surface area contributed by atoms with E-state index >= 15 is 0 Å². The number of anilines is 2. The summed E-state index contributed by atoms with van der Waals surface area (Å²) < 4.78 is 32.3. The van der Waals surface area contributed by atoms with Crippen LogP contribution in [0.25, 0.3) is 0 Å². The van der Waals surface area contributed by atoms with Gasteiger partial charge in [0.2, 0.25) is 0 Å². The lowest BCUT2D eigenvalue weighted by Gasteiger charge is -2.20. The monoisotopic (exact) mass is 543 g/mol. The van der Waals surface area contributed by atoms with Crippen LogP contribution in [0.2, 0.25) is 0 Å². The zero-order valence-electron chi connectivity index (χ0n) is 21.8. The fraction of sp³-hybridized carbons (Fsp3) is 0.133. The lowest BCUT2D eigenvalue weighted by atomic mass is 10.1. The highest BCUT2D eigenvalue weighted by molar-refractivity contribution is 7.92. The van der Waals surface area contributed by atoms with Crippen molar-refractivity contribution < 1.29 is 22.7 Å². The zero-order valence-corrected chi connectivity index (χ0v) is 22.6. The van der Waals surface area contributed by atoms with E-state index < -0.39 is 15.9 Å². The lowest BCUT2D eigenvalue weighted by molar-refractivity contribution is 0.0940. The summed E-state index contributed by atoms with van der Waals surface area (Å²) in [6, 6.07) is 28.4. The topological polar surface area (TPSA) is 105 Å². The molecule has 4 rings (SSSR count). The van der Waals surface area contributed by atoms with Crippen molar-refractivity contribution in [2.45, 2.75) is 17.9 Å². The second-order valence-electron chi connectivity index (χ2n) is 8.80. The minimum absolute atomic E-state index is 0.115. The highest BCUT2D eigenvalue weighted by Gasteiger charge is 2.22. The highest BCUT2D eigenvalue weighted by atomic mass is 32.2. The molecule has 0 aliphatic rings. The number of carbonyl (C=O) groups is 2. The van der Waals surface area contributed by atoms with E-state index in [2.05, 4.69) is 10.6 Å². The first-order valence-electron chi connectivity index (χ1n) is 12.2. The largest absolute Gasteiger partial charge is 0.497 e. The number of rotatable bonds is 9. The van der Waals surface area contributed by atoms with Gasteiger partial charge in [-0.15, -0.1) is 0 Å². The number of hydrogen-bond acceptors (Lipinski definition) is 5. The van der Waals surface area contributed by atoms with Gasteiger partial charge in [0.15, 0.2) is 0 Å². The first-order valence-corrected chi connectivity index (χ1v) is 13.6. The quantitative estimate of drug-likeness (QED) is 0.300. The van der Waals surface area contributed by atoms with Gasteiger partial charge in [-0.25, -0.2) is 8.42 Å². The van der Waals surface area contributed by atoms with Crippen molar-refractivity contribution in [2.24, 2.45) is 0 Å². The summed E-state index contributed by atoms with van der Waals surface area (Å²) in [4.78, 5) is 26.1. The summed E-state index contributed by atoms with van der Waals surface area (Å²) in [6.45, 7) is 1.89. The van der Waals surface area contributed by atoms with Crippen LogP contribution in [0, 0.1) is 0 Å². The SMILES string of the molecule is COc1ccc(S(=O)(=O)N(C)c2ccc(C(=O)Nc3ccccc3C(=O)N[C@@H](C)c3ccccc3)cc2)cc1. The van der Waals surface area contributed by atoms with Crippen LogP contribution in [0.1, 0.15) is 39.2 Å². The van der Waals surface area contributed by atoms with Crippen molar-refractivity contribution >= 4 is 33.2 Å². The van der Waals surface area contributed by atoms with Crippen molar-refractivity contribution in [2.75, 3.05) is 23.8 Å². The lowest BCUT2D eigenvalue weighted by Crippen LogP contribution is -2.28. The van der Waals surface area contributed by atoms with Crippen LogP contribution >= 0.6 is 0 Å². The number of methoxy groups -OCH3 is 1. The van der Waals surface area contributed by atoms with Crippen LogP contribution in [-0.4, -0.2) is 34.4 Å². The minimum atomic E-state index is -3.81. The average Bonchev–Trinajstić information content (AvgIpc) is 2.97. The molecule has 8 nitrogen and oxygen atoms in total. The molecule has 0 saturated carbocycles. The molecule has 2 N–H and O–H groups in total. The van der Waals surface area contributed by atoms with Gasteiger partial charge in [0.05, 0.1) is 35.0 Å². The van der Waals surface area contributed by atoms with E-state index in [0.717, 1.165) is 9.87 Å². The van der Waals surface area contributed by atoms with E-state index in [1.807, 2.05) is 37.3 Å². The van der Waals surface area contributed by atoms with E-state index in [1.165, 1.54) is 38.4 Å². The molecule has 0 bridgehead atoms. The smallest absolute Gasteiger partial charge is 0.264 e. The fourth-order valence-corrected chi connectivity index (χ4v) is 5.15. The maximum Gasteiger partial charge on any atom is 0.264 e. The summed E-state index contributed by atoms with van der Waals surface area (Å²) in [6.07, 6.45) is 0. The molecule has 2 amide bonds.